The maximum atomic E-state index is 13.3. The fourth-order valence-electron chi connectivity index (χ4n) is 2.10. The molecule has 0 fully saturated rings. The fourth-order valence-corrected chi connectivity index (χ4v) is 3.03. The molecular formula is C14H17FN4OS. The van der Waals surface area contributed by atoms with Crippen molar-refractivity contribution < 1.29 is 9.18 Å². The van der Waals surface area contributed by atoms with Gasteiger partial charge in [-0.05, 0) is 26.8 Å². The molecule has 0 aliphatic heterocycles. The molecule has 2 rings (SSSR count). The van der Waals surface area contributed by atoms with Gasteiger partial charge in [-0.15, -0.1) is 11.3 Å². The minimum Gasteiger partial charge on any atom is -0.372 e. The van der Waals surface area contributed by atoms with E-state index in [2.05, 4.69) is 20.6 Å². The summed E-state index contributed by atoms with van der Waals surface area (Å²) in [6.45, 7) is 5.71. The second-order valence-corrected chi connectivity index (χ2v) is 5.91. The highest BCUT2D eigenvalue weighted by Gasteiger charge is 2.19. The van der Waals surface area contributed by atoms with Gasteiger partial charge < -0.3 is 10.6 Å². The van der Waals surface area contributed by atoms with Crippen molar-refractivity contribution in [2.45, 2.75) is 26.8 Å². The molecule has 2 aromatic rings. The van der Waals surface area contributed by atoms with E-state index in [4.69, 9.17) is 0 Å². The molecule has 0 bridgehead atoms. The molecule has 21 heavy (non-hydrogen) atoms. The van der Waals surface area contributed by atoms with E-state index in [0.717, 1.165) is 21.8 Å². The first-order valence-corrected chi connectivity index (χ1v) is 7.32. The van der Waals surface area contributed by atoms with E-state index in [-0.39, 0.29) is 17.5 Å². The van der Waals surface area contributed by atoms with Crippen molar-refractivity contribution in [2.24, 2.45) is 0 Å². The van der Waals surface area contributed by atoms with Gasteiger partial charge in [0.1, 0.15) is 11.6 Å². The predicted octanol–water partition coefficient (Wildman–Crippen LogP) is 2.83. The number of carbonyl (C=O) groups is 1. The lowest BCUT2D eigenvalue weighted by Gasteiger charge is -2.14. The topological polar surface area (TPSA) is 66.9 Å². The van der Waals surface area contributed by atoms with Gasteiger partial charge in [0.2, 0.25) is 0 Å². The number of halogens is 1. The van der Waals surface area contributed by atoms with Crippen LogP contribution in [0.15, 0.2) is 12.3 Å². The van der Waals surface area contributed by atoms with Gasteiger partial charge in [-0.25, -0.2) is 14.4 Å². The molecule has 0 aromatic carbocycles. The summed E-state index contributed by atoms with van der Waals surface area (Å²) in [6.07, 6.45) is 1.07. The third-order valence-electron chi connectivity index (χ3n) is 3.02. The van der Waals surface area contributed by atoms with Crippen molar-refractivity contribution in [3.05, 3.63) is 39.2 Å². The number of nitrogens with one attached hydrogen (secondary N) is 2. The quantitative estimate of drug-likeness (QED) is 0.911. The Labute approximate surface area is 126 Å². The number of aromatic nitrogens is 2. The van der Waals surface area contributed by atoms with Gasteiger partial charge in [0.15, 0.2) is 0 Å². The minimum absolute atomic E-state index is 0.184. The fraction of sp³-hybridized carbons (Fsp3) is 0.357. The van der Waals surface area contributed by atoms with Gasteiger partial charge in [-0.3, -0.25) is 4.79 Å². The highest BCUT2D eigenvalue weighted by Crippen LogP contribution is 2.25. The highest BCUT2D eigenvalue weighted by atomic mass is 32.1. The van der Waals surface area contributed by atoms with Crippen LogP contribution in [0.3, 0.4) is 0 Å². The molecule has 112 valence electrons. The van der Waals surface area contributed by atoms with E-state index in [0.29, 0.717) is 5.82 Å². The lowest BCUT2D eigenvalue weighted by Crippen LogP contribution is -2.27. The number of nitrogens with zero attached hydrogens (tertiary/aromatic N) is 2. The molecule has 0 aliphatic rings. The van der Waals surface area contributed by atoms with Crippen LogP contribution in [0.25, 0.3) is 0 Å². The summed E-state index contributed by atoms with van der Waals surface area (Å²) >= 11 is 1.54. The van der Waals surface area contributed by atoms with Crippen LogP contribution in [0.4, 0.5) is 10.2 Å². The molecule has 2 aromatic heterocycles. The molecule has 1 unspecified atom stereocenters. The van der Waals surface area contributed by atoms with Gasteiger partial charge in [0, 0.05) is 11.9 Å². The Morgan fingerprint density at radius 3 is 2.71 bits per heavy atom. The molecule has 7 heteroatoms. The average Bonchev–Trinajstić information content (AvgIpc) is 2.77. The zero-order chi connectivity index (χ0) is 15.6. The predicted molar refractivity (Wildman–Crippen MR) is 81.2 cm³/mol. The van der Waals surface area contributed by atoms with E-state index in [9.17, 15) is 9.18 Å². The number of amides is 1. The largest absolute Gasteiger partial charge is 0.372 e. The van der Waals surface area contributed by atoms with Crippen LogP contribution in [0.5, 0.6) is 0 Å². The van der Waals surface area contributed by atoms with Gasteiger partial charge in [0.05, 0.1) is 28.5 Å². The van der Waals surface area contributed by atoms with E-state index >= 15 is 0 Å². The number of anilines is 1. The summed E-state index contributed by atoms with van der Waals surface area (Å²) in [4.78, 5) is 21.5. The zero-order valence-corrected chi connectivity index (χ0v) is 13.1. The molecule has 1 atom stereocenters. The molecule has 0 saturated heterocycles. The monoisotopic (exact) mass is 308 g/mol. The van der Waals surface area contributed by atoms with Crippen LogP contribution in [0, 0.1) is 19.7 Å². The highest BCUT2D eigenvalue weighted by molar-refractivity contribution is 7.11. The number of thiazole rings is 1. The van der Waals surface area contributed by atoms with E-state index < -0.39 is 5.82 Å². The van der Waals surface area contributed by atoms with Crippen molar-refractivity contribution >= 4 is 23.1 Å². The summed E-state index contributed by atoms with van der Waals surface area (Å²) in [5.41, 5.74) is 1.08. The SMILES string of the molecule is CNc1ncc(F)cc1C(=O)NC(C)c1sc(C)nc1C. The summed E-state index contributed by atoms with van der Waals surface area (Å²) in [7, 11) is 1.64. The summed E-state index contributed by atoms with van der Waals surface area (Å²) in [5, 5.41) is 6.59. The Hall–Kier alpha value is -2.02. The number of pyridine rings is 1. The molecule has 0 radical (unpaired) electrons. The zero-order valence-electron chi connectivity index (χ0n) is 12.3. The summed E-state index contributed by atoms with van der Waals surface area (Å²) < 4.78 is 13.3. The van der Waals surface area contributed by atoms with Crippen molar-refractivity contribution in [3.8, 4) is 0 Å². The number of aryl methyl sites for hydroxylation is 2. The number of hydrogen-bond donors (Lipinski definition) is 2. The average molecular weight is 308 g/mol. The van der Waals surface area contributed by atoms with E-state index in [1.165, 1.54) is 6.07 Å². The van der Waals surface area contributed by atoms with Gasteiger partial charge in [0.25, 0.3) is 5.91 Å². The van der Waals surface area contributed by atoms with Crippen LogP contribution in [0.1, 0.15) is 38.9 Å². The molecule has 2 heterocycles. The van der Waals surface area contributed by atoms with Crippen LogP contribution >= 0.6 is 11.3 Å². The molecule has 0 saturated carbocycles. The number of carbonyl (C=O) groups excluding carboxylic acids is 1. The third kappa shape index (κ3) is 3.36. The molecule has 1 amide bonds. The van der Waals surface area contributed by atoms with Crippen molar-refractivity contribution in [2.75, 3.05) is 12.4 Å². The van der Waals surface area contributed by atoms with E-state index in [1.807, 2.05) is 20.8 Å². The smallest absolute Gasteiger partial charge is 0.255 e. The van der Waals surface area contributed by atoms with Crippen LogP contribution in [-0.4, -0.2) is 22.9 Å². The number of hydrogen-bond acceptors (Lipinski definition) is 5. The number of rotatable bonds is 4. The molecule has 5 nitrogen and oxygen atoms in total. The molecule has 0 aliphatic carbocycles. The summed E-state index contributed by atoms with van der Waals surface area (Å²) in [5.74, 6) is -0.570. The first-order valence-electron chi connectivity index (χ1n) is 6.50. The van der Waals surface area contributed by atoms with Crippen LogP contribution < -0.4 is 10.6 Å². The van der Waals surface area contributed by atoms with Gasteiger partial charge in [-0.2, -0.15) is 0 Å². The second-order valence-electron chi connectivity index (χ2n) is 4.68. The lowest BCUT2D eigenvalue weighted by molar-refractivity contribution is 0.0940. The van der Waals surface area contributed by atoms with Gasteiger partial charge >= 0.3 is 0 Å². The Morgan fingerprint density at radius 2 is 2.14 bits per heavy atom. The maximum Gasteiger partial charge on any atom is 0.255 e. The third-order valence-corrected chi connectivity index (χ3v) is 4.27. The summed E-state index contributed by atoms with van der Waals surface area (Å²) in [6, 6.07) is 0.975. The Morgan fingerprint density at radius 1 is 1.43 bits per heavy atom. The Balaban J connectivity index is 2.22. The van der Waals surface area contributed by atoms with Crippen LogP contribution in [-0.2, 0) is 0 Å². The van der Waals surface area contributed by atoms with Crippen molar-refractivity contribution in [1.29, 1.82) is 0 Å². The lowest BCUT2D eigenvalue weighted by atomic mass is 10.2. The standard InChI is InChI=1S/C14H17FN4OS/c1-7-12(21-9(3)18-7)8(2)19-14(20)11-5-10(15)6-17-13(11)16-4/h5-6,8H,1-4H3,(H,16,17)(H,19,20). The second kappa shape index (κ2) is 6.17. The molecule has 2 N–H and O–H groups in total. The molecular weight excluding hydrogens is 291 g/mol. The minimum atomic E-state index is -0.545. The maximum absolute atomic E-state index is 13.3. The first kappa shape index (κ1) is 15.4. The first-order chi connectivity index (χ1) is 9.92. The Kier molecular flexibility index (Phi) is 4.52. The Bertz CT molecular complexity index is 671. The molecule has 0 spiro atoms. The van der Waals surface area contributed by atoms with Crippen molar-refractivity contribution in [3.63, 3.8) is 0 Å². The van der Waals surface area contributed by atoms with Gasteiger partial charge in [-0.1, -0.05) is 0 Å². The normalized spacial score (nSPS) is 12.0. The van der Waals surface area contributed by atoms with E-state index in [1.54, 1.807) is 18.4 Å². The van der Waals surface area contributed by atoms with Crippen molar-refractivity contribution in [1.82, 2.24) is 15.3 Å². The van der Waals surface area contributed by atoms with Crippen LogP contribution in [0.2, 0.25) is 0 Å².